The highest BCUT2D eigenvalue weighted by atomic mass is 79.9. The van der Waals surface area contributed by atoms with E-state index in [9.17, 15) is 9.18 Å². The van der Waals surface area contributed by atoms with Crippen molar-refractivity contribution in [2.45, 2.75) is 6.54 Å². The Morgan fingerprint density at radius 3 is 3.00 bits per heavy atom. The molecule has 1 amide bonds. The summed E-state index contributed by atoms with van der Waals surface area (Å²) in [7, 11) is 0. The van der Waals surface area contributed by atoms with Crippen LogP contribution in [0.5, 0.6) is 5.75 Å². The van der Waals surface area contributed by atoms with Gasteiger partial charge in [0.25, 0.3) is 5.91 Å². The molecular formula is C15H12BrFN2O2. The second-order valence-corrected chi connectivity index (χ2v) is 5.47. The lowest BCUT2D eigenvalue weighted by atomic mass is 10.1. The molecule has 1 aliphatic heterocycles. The van der Waals surface area contributed by atoms with Gasteiger partial charge in [0.15, 0.2) is 6.61 Å². The molecule has 0 aromatic heterocycles. The number of halogens is 2. The first-order valence-corrected chi connectivity index (χ1v) is 7.16. The summed E-state index contributed by atoms with van der Waals surface area (Å²) in [6.07, 6.45) is 0. The fourth-order valence-electron chi connectivity index (χ4n) is 2.10. The molecule has 21 heavy (non-hydrogen) atoms. The Labute approximate surface area is 129 Å². The van der Waals surface area contributed by atoms with E-state index < -0.39 is 0 Å². The first kappa shape index (κ1) is 13.9. The smallest absolute Gasteiger partial charge is 0.262 e. The molecule has 0 radical (unpaired) electrons. The molecule has 0 spiro atoms. The van der Waals surface area contributed by atoms with E-state index in [0.29, 0.717) is 28.1 Å². The van der Waals surface area contributed by atoms with Crippen molar-refractivity contribution in [2.24, 2.45) is 0 Å². The molecule has 1 heterocycles. The zero-order chi connectivity index (χ0) is 14.8. The van der Waals surface area contributed by atoms with Gasteiger partial charge in [0, 0.05) is 11.0 Å². The zero-order valence-corrected chi connectivity index (χ0v) is 12.5. The second kappa shape index (κ2) is 5.73. The van der Waals surface area contributed by atoms with E-state index in [1.54, 1.807) is 18.2 Å². The molecule has 0 aliphatic carbocycles. The first-order chi connectivity index (χ1) is 10.1. The standard InChI is InChI=1S/C15H12BrFN2O2/c16-10-2-1-3-11(17)15(10)18-7-9-4-5-13-12(6-9)19-14(20)8-21-13/h1-6,18H,7-8H2,(H,19,20). The van der Waals surface area contributed by atoms with Gasteiger partial charge >= 0.3 is 0 Å². The van der Waals surface area contributed by atoms with Crippen LogP contribution in [0.25, 0.3) is 0 Å². The van der Waals surface area contributed by atoms with Gasteiger partial charge in [-0.2, -0.15) is 0 Å². The number of carbonyl (C=O) groups excluding carboxylic acids is 1. The van der Waals surface area contributed by atoms with Gasteiger partial charge in [-0.3, -0.25) is 4.79 Å². The van der Waals surface area contributed by atoms with Gasteiger partial charge in [-0.05, 0) is 45.8 Å². The minimum absolute atomic E-state index is 0.0345. The molecule has 0 unspecified atom stereocenters. The Kier molecular flexibility index (Phi) is 3.79. The minimum atomic E-state index is -0.320. The van der Waals surface area contributed by atoms with E-state index in [-0.39, 0.29) is 18.3 Å². The molecule has 0 saturated heterocycles. The summed E-state index contributed by atoms with van der Waals surface area (Å²) in [5, 5.41) is 5.79. The van der Waals surface area contributed by atoms with E-state index in [2.05, 4.69) is 26.6 Å². The van der Waals surface area contributed by atoms with E-state index in [1.165, 1.54) is 6.07 Å². The molecule has 0 saturated carbocycles. The van der Waals surface area contributed by atoms with Gasteiger partial charge in [0.1, 0.15) is 11.6 Å². The maximum Gasteiger partial charge on any atom is 0.262 e. The number of amides is 1. The third-order valence-corrected chi connectivity index (χ3v) is 3.77. The van der Waals surface area contributed by atoms with Crippen LogP contribution < -0.4 is 15.4 Å². The van der Waals surface area contributed by atoms with Crippen LogP contribution in [0.15, 0.2) is 40.9 Å². The van der Waals surface area contributed by atoms with Gasteiger partial charge in [-0.25, -0.2) is 4.39 Å². The highest BCUT2D eigenvalue weighted by Crippen LogP contribution is 2.30. The highest BCUT2D eigenvalue weighted by Gasteiger charge is 2.16. The van der Waals surface area contributed by atoms with Crippen LogP contribution in [-0.2, 0) is 11.3 Å². The molecule has 6 heteroatoms. The van der Waals surface area contributed by atoms with Crippen LogP contribution in [-0.4, -0.2) is 12.5 Å². The molecule has 0 bridgehead atoms. The van der Waals surface area contributed by atoms with Crippen molar-refractivity contribution >= 4 is 33.2 Å². The van der Waals surface area contributed by atoms with Crippen molar-refractivity contribution in [3.63, 3.8) is 0 Å². The van der Waals surface area contributed by atoms with Gasteiger partial charge in [-0.15, -0.1) is 0 Å². The second-order valence-electron chi connectivity index (χ2n) is 4.62. The molecule has 108 valence electrons. The summed E-state index contributed by atoms with van der Waals surface area (Å²) in [5.41, 5.74) is 1.96. The first-order valence-electron chi connectivity index (χ1n) is 6.37. The fraction of sp³-hybridized carbons (Fsp3) is 0.133. The molecular weight excluding hydrogens is 339 g/mol. The summed E-state index contributed by atoms with van der Waals surface area (Å²) in [5.74, 6) is 0.147. The number of hydrogen-bond acceptors (Lipinski definition) is 3. The Morgan fingerprint density at radius 1 is 1.33 bits per heavy atom. The van der Waals surface area contributed by atoms with Gasteiger partial charge < -0.3 is 15.4 Å². The zero-order valence-electron chi connectivity index (χ0n) is 11.0. The number of benzene rings is 2. The maximum atomic E-state index is 13.7. The lowest BCUT2D eigenvalue weighted by molar-refractivity contribution is -0.118. The van der Waals surface area contributed by atoms with Crippen molar-refractivity contribution in [1.29, 1.82) is 0 Å². The normalized spacial score (nSPS) is 13.1. The van der Waals surface area contributed by atoms with Crippen LogP contribution >= 0.6 is 15.9 Å². The van der Waals surface area contributed by atoms with Crippen LogP contribution in [0, 0.1) is 5.82 Å². The SMILES string of the molecule is O=C1COc2ccc(CNc3c(F)cccc3Br)cc2N1. The van der Waals surface area contributed by atoms with Crippen LogP contribution in [0.3, 0.4) is 0 Å². The van der Waals surface area contributed by atoms with Crippen molar-refractivity contribution < 1.29 is 13.9 Å². The van der Waals surface area contributed by atoms with Crippen LogP contribution in [0.4, 0.5) is 15.8 Å². The predicted molar refractivity (Wildman–Crippen MR) is 82.0 cm³/mol. The fourth-order valence-corrected chi connectivity index (χ4v) is 2.58. The largest absolute Gasteiger partial charge is 0.482 e. The third-order valence-electron chi connectivity index (χ3n) is 3.11. The summed E-state index contributed by atoms with van der Waals surface area (Å²) in [4.78, 5) is 11.3. The molecule has 2 aromatic carbocycles. The number of nitrogens with one attached hydrogen (secondary N) is 2. The lowest BCUT2D eigenvalue weighted by Crippen LogP contribution is -2.25. The Balaban J connectivity index is 1.77. The highest BCUT2D eigenvalue weighted by molar-refractivity contribution is 9.10. The quantitative estimate of drug-likeness (QED) is 0.890. The molecule has 0 fully saturated rings. The van der Waals surface area contributed by atoms with Crippen molar-refractivity contribution in [3.05, 3.63) is 52.3 Å². The molecule has 4 nitrogen and oxygen atoms in total. The monoisotopic (exact) mass is 350 g/mol. The summed E-state index contributed by atoms with van der Waals surface area (Å²) in [6.45, 7) is 0.468. The number of hydrogen-bond donors (Lipinski definition) is 2. The van der Waals surface area contributed by atoms with E-state index in [0.717, 1.165) is 5.56 Å². The number of carbonyl (C=O) groups is 1. The van der Waals surface area contributed by atoms with Crippen molar-refractivity contribution in [3.8, 4) is 5.75 Å². The van der Waals surface area contributed by atoms with Crippen LogP contribution in [0.1, 0.15) is 5.56 Å². The maximum absolute atomic E-state index is 13.7. The van der Waals surface area contributed by atoms with E-state index in [4.69, 9.17) is 4.74 Å². The third kappa shape index (κ3) is 3.00. The minimum Gasteiger partial charge on any atom is -0.482 e. The average Bonchev–Trinajstić information content (AvgIpc) is 2.46. The van der Waals surface area contributed by atoms with E-state index in [1.807, 2.05) is 12.1 Å². The van der Waals surface area contributed by atoms with Crippen LogP contribution in [0.2, 0.25) is 0 Å². The summed E-state index contributed by atoms with van der Waals surface area (Å²) in [6, 6.07) is 10.3. The van der Waals surface area contributed by atoms with Gasteiger partial charge in [0.2, 0.25) is 0 Å². The van der Waals surface area contributed by atoms with Crippen molar-refractivity contribution in [2.75, 3.05) is 17.2 Å². The number of ether oxygens (including phenoxy) is 1. The number of para-hydroxylation sites is 1. The summed E-state index contributed by atoms with van der Waals surface area (Å²) >= 11 is 3.31. The average molecular weight is 351 g/mol. The molecule has 0 atom stereocenters. The Hall–Kier alpha value is -2.08. The topological polar surface area (TPSA) is 50.4 Å². The number of rotatable bonds is 3. The van der Waals surface area contributed by atoms with Gasteiger partial charge in [0.05, 0.1) is 11.4 Å². The Morgan fingerprint density at radius 2 is 2.19 bits per heavy atom. The molecule has 3 rings (SSSR count). The lowest BCUT2D eigenvalue weighted by Gasteiger charge is -2.19. The Bertz CT molecular complexity index is 686. The van der Waals surface area contributed by atoms with E-state index >= 15 is 0 Å². The number of fused-ring (bicyclic) bond motifs is 1. The molecule has 2 aromatic rings. The van der Waals surface area contributed by atoms with Crippen molar-refractivity contribution in [1.82, 2.24) is 0 Å². The molecule has 1 aliphatic rings. The molecule has 2 N–H and O–H groups in total. The predicted octanol–water partition coefficient (Wildman–Crippen LogP) is 3.53. The number of anilines is 2. The summed E-state index contributed by atoms with van der Waals surface area (Å²) < 4.78 is 19.7. The van der Waals surface area contributed by atoms with Gasteiger partial charge in [-0.1, -0.05) is 12.1 Å².